The monoisotopic (exact) mass is 317 g/mol. The molecule has 1 N–H and O–H groups in total. The fourth-order valence-corrected chi connectivity index (χ4v) is 2.80. The van der Waals surface area contributed by atoms with Crippen LogP contribution in [0.4, 0.5) is 0 Å². The van der Waals surface area contributed by atoms with Crippen molar-refractivity contribution in [3.05, 3.63) is 27.7 Å². The largest absolute Gasteiger partial charge is 0.488 e. The lowest BCUT2D eigenvalue weighted by atomic mass is 9.64. The standard InChI is InChI=1S/C13H17BrClNO/c1-13(2)11(16-3)7-12(13)17-10-6-8(14)4-5-9(10)15/h4-6,11-12,16H,7H2,1-3H3. The van der Waals surface area contributed by atoms with Crippen molar-refractivity contribution >= 4 is 27.5 Å². The molecule has 2 atom stereocenters. The van der Waals surface area contributed by atoms with Gasteiger partial charge in [0.15, 0.2) is 0 Å². The molecule has 0 bridgehead atoms. The second kappa shape index (κ2) is 4.79. The summed E-state index contributed by atoms with van der Waals surface area (Å²) in [5.74, 6) is 0.758. The molecule has 1 aromatic rings. The number of hydrogen-bond acceptors (Lipinski definition) is 2. The molecule has 0 spiro atoms. The van der Waals surface area contributed by atoms with Gasteiger partial charge in [0.05, 0.1) is 5.02 Å². The van der Waals surface area contributed by atoms with E-state index < -0.39 is 0 Å². The van der Waals surface area contributed by atoms with Gasteiger partial charge in [-0.1, -0.05) is 41.4 Å². The quantitative estimate of drug-likeness (QED) is 0.913. The van der Waals surface area contributed by atoms with E-state index in [-0.39, 0.29) is 11.5 Å². The Morgan fingerprint density at radius 1 is 1.47 bits per heavy atom. The minimum atomic E-state index is 0.139. The molecular weight excluding hydrogens is 302 g/mol. The van der Waals surface area contributed by atoms with Crippen LogP contribution >= 0.6 is 27.5 Å². The summed E-state index contributed by atoms with van der Waals surface area (Å²) < 4.78 is 6.99. The minimum absolute atomic E-state index is 0.139. The topological polar surface area (TPSA) is 21.3 Å². The lowest BCUT2D eigenvalue weighted by molar-refractivity contribution is -0.0520. The fourth-order valence-electron chi connectivity index (χ4n) is 2.30. The van der Waals surface area contributed by atoms with Gasteiger partial charge in [0.25, 0.3) is 0 Å². The van der Waals surface area contributed by atoms with Crippen molar-refractivity contribution in [2.75, 3.05) is 7.05 Å². The molecule has 2 unspecified atom stereocenters. The van der Waals surface area contributed by atoms with Gasteiger partial charge in [-0.15, -0.1) is 0 Å². The van der Waals surface area contributed by atoms with E-state index in [2.05, 4.69) is 35.1 Å². The van der Waals surface area contributed by atoms with Crippen LogP contribution in [0.1, 0.15) is 20.3 Å². The Labute approximate surface area is 116 Å². The predicted molar refractivity (Wildman–Crippen MR) is 74.8 cm³/mol. The second-order valence-electron chi connectivity index (χ2n) is 5.08. The summed E-state index contributed by atoms with van der Waals surface area (Å²) >= 11 is 9.55. The van der Waals surface area contributed by atoms with Crippen molar-refractivity contribution < 1.29 is 4.74 Å². The first-order chi connectivity index (χ1) is 7.95. The summed E-state index contributed by atoms with van der Waals surface area (Å²) in [4.78, 5) is 0. The van der Waals surface area contributed by atoms with Crippen molar-refractivity contribution in [3.8, 4) is 5.75 Å². The molecule has 0 amide bonds. The van der Waals surface area contributed by atoms with E-state index in [9.17, 15) is 0 Å². The summed E-state index contributed by atoms with van der Waals surface area (Å²) in [6, 6.07) is 6.20. The smallest absolute Gasteiger partial charge is 0.139 e. The lowest BCUT2D eigenvalue weighted by Crippen LogP contribution is -2.61. The van der Waals surface area contributed by atoms with Crippen molar-refractivity contribution in [3.63, 3.8) is 0 Å². The third-order valence-corrected chi connectivity index (χ3v) is 4.49. The van der Waals surface area contributed by atoms with Gasteiger partial charge in [-0.3, -0.25) is 0 Å². The molecule has 17 heavy (non-hydrogen) atoms. The maximum absolute atomic E-state index is 6.12. The van der Waals surface area contributed by atoms with Gasteiger partial charge in [0.2, 0.25) is 0 Å². The summed E-state index contributed by atoms with van der Waals surface area (Å²) in [7, 11) is 1.99. The Kier molecular flexibility index (Phi) is 3.71. The van der Waals surface area contributed by atoms with E-state index in [0.717, 1.165) is 16.6 Å². The molecule has 1 aromatic carbocycles. The van der Waals surface area contributed by atoms with Crippen LogP contribution in [-0.4, -0.2) is 19.2 Å². The Balaban J connectivity index is 2.10. The van der Waals surface area contributed by atoms with Crippen molar-refractivity contribution in [1.82, 2.24) is 5.32 Å². The first-order valence-electron chi connectivity index (χ1n) is 5.74. The highest BCUT2D eigenvalue weighted by molar-refractivity contribution is 9.10. The lowest BCUT2D eigenvalue weighted by Gasteiger charge is -2.51. The molecule has 4 heteroatoms. The van der Waals surface area contributed by atoms with E-state index in [1.807, 2.05) is 25.2 Å². The number of benzene rings is 1. The highest BCUT2D eigenvalue weighted by Crippen LogP contribution is 2.44. The molecule has 1 aliphatic rings. The predicted octanol–water partition coefficient (Wildman–Crippen LogP) is 3.87. The normalized spacial score (nSPS) is 26.4. The number of hydrogen-bond donors (Lipinski definition) is 1. The van der Waals surface area contributed by atoms with Crippen LogP contribution in [0.5, 0.6) is 5.75 Å². The van der Waals surface area contributed by atoms with Gasteiger partial charge in [-0.25, -0.2) is 0 Å². The third kappa shape index (κ3) is 2.47. The SMILES string of the molecule is CNC1CC(Oc2cc(Br)ccc2Cl)C1(C)C. The van der Waals surface area contributed by atoms with E-state index in [0.29, 0.717) is 11.1 Å². The fraction of sp³-hybridized carbons (Fsp3) is 0.538. The summed E-state index contributed by atoms with van der Waals surface area (Å²) in [5.41, 5.74) is 0.139. The van der Waals surface area contributed by atoms with Crippen LogP contribution in [0.2, 0.25) is 5.02 Å². The molecule has 94 valence electrons. The first-order valence-corrected chi connectivity index (χ1v) is 6.91. The van der Waals surface area contributed by atoms with Gasteiger partial charge in [0, 0.05) is 22.4 Å². The zero-order valence-electron chi connectivity index (χ0n) is 10.3. The molecule has 2 nitrogen and oxygen atoms in total. The molecule has 2 rings (SSSR count). The van der Waals surface area contributed by atoms with Gasteiger partial charge in [0.1, 0.15) is 11.9 Å². The van der Waals surface area contributed by atoms with E-state index in [4.69, 9.17) is 16.3 Å². The van der Waals surface area contributed by atoms with Crippen LogP contribution in [-0.2, 0) is 0 Å². The Hall–Kier alpha value is -0.250. The molecule has 0 radical (unpaired) electrons. The average Bonchev–Trinajstić information content (AvgIpc) is 2.28. The maximum Gasteiger partial charge on any atom is 0.139 e. The van der Waals surface area contributed by atoms with Crippen LogP contribution in [0.3, 0.4) is 0 Å². The average molecular weight is 319 g/mol. The van der Waals surface area contributed by atoms with Gasteiger partial charge in [-0.2, -0.15) is 0 Å². The van der Waals surface area contributed by atoms with Gasteiger partial charge < -0.3 is 10.1 Å². The molecular formula is C13H17BrClNO. The number of halogens is 2. The number of nitrogens with one attached hydrogen (secondary N) is 1. The van der Waals surface area contributed by atoms with Crippen molar-refractivity contribution in [2.24, 2.45) is 5.41 Å². The minimum Gasteiger partial charge on any atom is -0.488 e. The molecule has 1 aliphatic carbocycles. The zero-order valence-corrected chi connectivity index (χ0v) is 12.6. The highest BCUT2D eigenvalue weighted by Gasteiger charge is 2.49. The molecule has 0 aliphatic heterocycles. The van der Waals surface area contributed by atoms with Crippen LogP contribution < -0.4 is 10.1 Å². The maximum atomic E-state index is 6.12. The van der Waals surface area contributed by atoms with Crippen LogP contribution in [0, 0.1) is 5.41 Å². The summed E-state index contributed by atoms with van der Waals surface area (Å²) in [6.07, 6.45) is 1.23. The van der Waals surface area contributed by atoms with Gasteiger partial charge >= 0.3 is 0 Å². The first kappa shape index (κ1) is 13.2. The molecule has 1 fully saturated rings. The van der Waals surface area contributed by atoms with E-state index >= 15 is 0 Å². The van der Waals surface area contributed by atoms with E-state index in [1.165, 1.54) is 0 Å². The number of rotatable bonds is 3. The summed E-state index contributed by atoms with van der Waals surface area (Å²) in [6.45, 7) is 4.43. The third-order valence-electron chi connectivity index (χ3n) is 3.69. The van der Waals surface area contributed by atoms with Gasteiger partial charge in [-0.05, 0) is 25.2 Å². The Bertz CT molecular complexity index is 422. The van der Waals surface area contributed by atoms with Crippen LogP contribution in [0.25, 0.3) is 0 Å². The molecule has 0 aromatic heterocycles. The molecule has 1 saturated carbocycles. The Morgan fingerprint density at radius 2 is 2.18 bits per heavy atom. The van der Waals surface area contributed by atoms with E-state index in [1.54, 1.807) is 0 Å². The second-order valence-corrected chi connectivity index (χ2v) is 6.40. The Morgan fingerprint density at radius 3 is 2.76 bits per heavy atom. The van der Waals surface area contributed by atoms with Crippen LogP contribution in [0.15, 0.2) is 22.7 Å². The van der Waals surface area contributed by atoms with Crippen molar-refractivity contribution in [2.45, 2.75) is 32.4 Å². The van der Waals surface area contributed by atoms with Crippen molar-refractivity contribution in [1.29, 1.82) is 0 Å². The summed E-state index contributed by atoms with van der Waals surface area (Å²) in [5, 5.41) is 3.97. The highest BCUT2D eigenvalue weighted by atomic mass is 79.9. The zero-order chi connectivity index (χ0) is 12.6. The molecule has 0 saturated heterocycles. The number of ether oxygens (including phenoxy) is 1. The molecule has 0 heterocycles.